The molecular formula is C32H53ClN6O13S. The summed E-state index contributed by atoms with van der Waals surface area (Å²) in [6.45, 7) is 6.40. The molecule has 2 saturated heterocycles. The highest BCUT2D eigenvalue weighted by Gasteiger charge is 2.51. The Morgan fingerprint density at radius 1 is 0.868 bits per heavy atom. The number of likely N-dealkylation sites (N-methyl/N-ethyl adjacent to an activating group) is 1. The van der Waals surface area contributed by atoms with Crippen molar-refractivity contribution >= 4 is 32.4 Å². The van der Waals surface area contributed by atoms with Crippen LogP contribution in [0.5, 0.6) is 0 Å². The quantitative estimate of drug-likeness (QED) is 0.113. The van der Waals surface area contributed by atoms with Gasteiger partial charge in [-0.25, -0.2) is 0 Å². The first kappa shape index (κ1) is 43.8. The number of amidine groups is 1. The second-order valence-corrected chi connectivity index (χ2v) is 15.3. The highest BCUT2D eigenvalue weighted by Crippen LogP contribution is 2.35. The lowest BCUT2D eigenvalue weighted by atomic mass is 9.84. The van der Waals surface area contributed by atoms with E-state index in [1.54, 1.807) is 31.2 Å². The third kappa shape index (κ3) is 9.38. The van der Waals surface area contributed by atoms with Crippen molar-refractivity contribution in [3.8, 4) is 0 Å². The van der Waals surface area contributed by atoms with Gasteiger partial charge in [-0.2, -0.15) is 8.42 Å². The van der Waals surface area contributed by atoms with Crippen molar-refractivity contribution in [2.75, 3.05) is 26.2 Å². The standard InChI is InChI=1S/C18H36N4O11.C14H17ClN2O2S/c19-2-6-10(25)12(27)13(28)18(30-6)33-16-5(21)1-4(20)15(14(16)29)32-17-11(26)8(22)9(24)7(3-23)31-17;1-4-17(5-2)14-10(3)13(20(18,19)16-14)11-7-6-8-12(15)9-11/h4-18,23-29H,1-3,19-22H2;6-9H,4-5H2,1-3H3/t4-,5+,6-,7-,8+,9-,10-,11-,12+,13-,14-,15+,16-,17-,18-;/m1./s1. The molecule has 4 aliphatic rings. The van der Waals surface area contributed by atoms with Crippen LogP contribution < -0.4 is 22.9 Å². The Morgan fingerprint density at radius 3 is 1.96 bits per heavy atom. The number of sulfonamides is 1. The first-order valence-electron chi connectivity index (χ1n) is 17.3. The maximum atomic E-state index is 12.3. The Kier molecular flexibility index (Phi) is 15.2. The average molecular weight is 797 g/mol. The van der Waals surface area contributed by atoms with Gasteiger partial charge in [-0.3, -0.25) is 0 Å². The van der Waals surface area contributed by atoms with Crippen molar-refractivity contribution in [1.29, 1.82) is 0 Å². The van der Waals surface area contributed by atoms with Crippen LogP contribution in [0.25, 0.3) is 4.91 Å². The minimum absolute atomic E-state index is 0.0849. The van der Waals surface area contributed by atoms with Crippen molar-refractivity contribution in [1.82, 2.24) is 4.90 Å². The molecule has 0 aromatic heterocycles. The molecule has 3 aliphatic heterocycles. The van der Waals surface area contributed by atoms with Gasteiger partial charge in [0.25, 0.3) is 10.0 Å². The molecule has 5 rings (SSSR count). The Bertz CT molecular complexity index is 1500. The minimum Gasteiger partial charge on any atom is -0.394 e. The SMILES string of the molecule is CCN(CC)C1=NS(=O)(=O)C(c2cccc(Cl)c2)=C1C.NC[C@H]1O[C@H](O[C@H]2[C@H](O)[C@@H](O[C@H]3O[C@H](CO)[C@@H](O)[C@H](N)[C@H]3O)[C@H](N)C[C@@H]2N)[C@H](O)[C@@H](O)[C@@H]1O. The molecule has 53 heavy (non-hydrogen) atoms. The van der Waals surface area contributed by atoms with Crippen LogP contribution in [0.15, 0.2) is 34.2 Å². The molecule has 302 valence electrons. The second-order valence-electron chi connectivity index (χ2n) is 13.3. The topological polar surface area (TPSA) is 332 Å². The van der Waals surface area contributed by atoms with Gasteiger partial charge in [-0.15, -0.1) is 4.40 Å². The van der Waals surface area contributed by atoms with Crippen molar-refractivity contribution in [3.63, 3.8) is 0 Å². The Balaban J connectivity index is 0.000000267. The largest absolute Gasteiger partial charge is 0.394 e. The van der Waals surface area contributed by atoms with E-state index in [0.717, 1.165) is 0 Å². The zero-order valence-corrected chi connectivity index (χ0v) is 31.1. The Labute approximate surface area is 312 Å². The zero-order valence-electron chi connectivity index (χ0n) is 29.6. The van der Waals surface area contributed by atoms with Crippen LogP contribution in [0, 0.1) is 0 Å². The molecule has 1 aromatic rings. The molecule has 15 atom stereocenters. The summed E-state index contributed by atoms with van der Waals surface area (Å²) in [7, 11) is -3.65. The summed E-state index contributed by atoms with van der Waals surface area (Å²) >= 11 is 5.95. The highest BCUT2D eigenvalue weighted by molar-refractivity contribution is 8.00. The lowest BCUT2D eigenvalue weighted by molar-refractivity contribution is -0.332. The van der Waals surface area contributed by atoms with E-state index in [-0.39, 0.29) is 17.9 Å². The van der Waals surface area contributed by atoms with Crippen molar-refractivity contribution < 1.29 is 63.1 Å². The van der Waals surface area contributed by atoms with Gasteiger partial charge in [-0.1, -0.05) is 23.7 Å². The number of nitrogens with zero attached hydrogens (tertiary/aromatic N) is 2. The van der Waals surface area contributed by atoms with E-state index in [1.807, 2.05) is 18.7 Å². The number of hydrogen-bond acceptors (Lipinski definition) is 18. The Hall–Kier alpha value is -1.93. The number of nitrogens with two attached hydrogens (primary N) is 4. The first-order valence-corrected chi connectivity index (χ1v) is 19.1. The smallest absolute Gasteiger partial charge is 0.285 e. The van der Waals surface area contributed by atoms with Gasteiger partial charge in [-0.05, 0) is 44.9 Å². The van der Waals surface area contributed by atoms with Gasteiger partial charge < -0.3 is 82.5 Å². The van der Waals surface area contributed by atoms with E-state index < -0.39 is 108 Å². The molecule has 1 aliphatic carbocycles. The van der Waals surface area contributed by atoms with Gasteiger partial charge in [0.05, 0.1) is 12.6 Å². The molecule has 1 aromatic carbocycles. The molecule has 3 heterocycles. The summed E-state index contributed by atoms with van der Waals surface area (Å²) in [6.07, 6.45) is -16.5. The molecular weight excluding hydrogens is 744 g/mol. The fourth-order valence-electron chi connectivity index (χ4n) is 6.74. The van der Waals surface area contributed by atoms with E-state index in [9.17, 15) is 44.2 Å². The molecule has 0 amide bonds. The molecule has 1 saturated carbocycles. The van der Waals surface area contributed by atoms with Gasteiger partial charge >= 0.3 is 0 Å². The van der Waals surface area contributed by atoms with Crippen molar-refractivity contribution in [3.05, 3.63) is 40.4 Å². The van der Waals surface area contributed by atoms with Crippen molar-refractivity contribution in [2.24, 2.45) is 27.3 Å². The first-order chi connectivity index (χ1) is 24.9. The van der Waals surface area contributed by atoms with E-state index >= 15 is 0 Å². The van der Waals surface area contributed by atoms with Crippen LogP contribution in [0.1, 0.15) is 32.8 Å². The predicted octanol–water partition coefficient (Wildman–Crippen LogP) is -4.14. The van der Waals surface area contributed by atoms with Gasteiger partial charge in [0, 0.05) is 42.3 Å². The number of aliphatic hydroxyl groups excluding tert-OH is 7. The van der Waals surface area contributed by atoms with Crippen LogP contribution in [0.4, 0.5) is 0 Å². The third-order valence-electron chi connectivity index (χ3n) is 9.77. The number of rotatable bonds is 9. The van der Waals surface area contributed by atoms with Crippen LogP contribution in [0.2, 0.25) is 5.02 Å². The molecule has 15 N–H and O–H groups in total. The van der Waals surface area contributed by atoms with E-state index in [1.165, 1.54) is 0 Å². The van der Waals surface area contributed by atoms with E-state index in [2.05, 4.69) is 4.40 Å². The highest BCUT2D eigenvalue weighted by atomic mass is 35.5. The lowest BCUT2D eigenvalue weighted by Gasteiger charge is -2.48. The predicted molar refractivity (Wildman–Crippen MR) is 191 cm³/mol. The van der Waals surface area contributed by atoms with Crippen LogP contribution in [-0.2, 0) is 29.0 Å². The number of aliphatic hydroxyl groups is 7. The van der Waals surface area contributed by atoms with E-state index in [4.69, 9.17) is 53.5 Å². The maximum absolute atomic E-state index is 12.3. The van der Waals surface area contributed by atoms with Gasteiger partial charge in [0.1, 0.15) is 71.8 Å². The number of benzene rings is 1. The molecule has 0 bridgehead atoms. The van der Waals surface area contributed by atoms with Crippen LogP contribution in [-0.4, -0.2) is 173 Å². The monoisotopic (exact) mass is 796 g/mol. The van der Waals surface area contributed by atoms with Gasteiger partial charge in [0.2, 0.25) is 0 Å². The minimum atomic E-state index is -3.65. The number of hydrogen-bond donors (Lipinski definition) is 11. The normalized spacial score (nSPS) is 40.0. The summed E-state index contributed by atoms with van der Waals surface area (Å²) in [6, 6.07) is 3.98. The summed E-state index contributed by atoms with van der Waals surface area (Å²) in [4.78, 5) is 2.19. The second kappa shape index (κ2) is 18.3. The van der Waals surface area contributed by atoms with Crippen LogP contribution >= 0.6 is 11.6 Å². The van der Waals surface area contributed by atoms with Crippen molar-refractivity contribution in [2.45, 2.75) is 119 Å². The molecule has 3 fully saturated rings. The fourth-order valence-corrected chi connectivity index (χ4v) is 8.40. The molecule has 0 radical (unpaired) electrons. The van der Waals surface area contributed by atoms with Crippen LogP contribution in [0.3, 0.4) is 0 Å². The molecule has 21 heteroatoms. The fraction of sp³-hybridized carbons (Fsp3) is 0.719. The number of ether oxygens (including phenoxy) is 4. The summed E-state index contributed by atoms with van der Waals surface area (Å²) in [5, 5.41) is 71.4. The Morgan fingerprint density at radius 2 is 1.43 bits per heavy atom. The summed E-state index contributed by atoms with van der Waals surface area (Å²) < 4.78 is 50.7. The summed E-state index contributed by atoms with van der Waals surface area (Å²) in [5.41, 5.74) is 24.8. The molecule has 19 nitrogen and oxygen atoms in total. The zero-order chi connectivity index (χ0) is 39.5. The average Bonchev–Trinajstić information content (AvgIpc) is 3.36. The summed E-state index contributed by atoms with van der Waals surface area (Å²) in [5.74, 6) is 0.532. The lowest BCUT2D eigenvalue weighted by Crippen LogP contribution is -2.68. The third-order valence-corrected chi connectivity index (χ3v) is 11.5. The van der Waals surface area contributed by atoms with Gasteiger partial charge in [0.15, 0.2) is 12.6 Å². The molecule has 0 spiro atoms. The maximum Gasteiger partial charge on any atom is 0.285 e. The van der Waals surface area contributed by atoms with E-state index in [0.29, 0.717) is 35.1 Å². The molecule has 0 unspecified atom stereocenters. The number of halogens is 1.